The van der Waals surface area contributed by atoms with Gasteiger partial charge in [-0.15, -0.1) is 0 Å². The van der Waals surface area contributed by atoms with E-state index in [9.17, 15) is 0 Å². The van der Waals surface area contributed by atoms with Crippen molar-refractivity contribution in [3.63, 3.8) is 0 Å². The lowest BCUT2D eigenvalue weighted by atomic mass is 10.2. The molecule has 0 amide bonds. The highest BCUT2D eigenvalue weighted by Crippen LogP contribution is 2.27. The van der Waals surface area contributed by atoms with Gasteiger partial charge in [0, 0.05) is 13.1 Å². The van der Waals surface area contributed by atoms with Crippen molar-refractivity contribution in [2.45, 2.75) is 6.92 Å². The van der Waals surface area contributed by atoms with Gasteiger partial charge in [-0.1, -0.05) is 17.7 Å². The largest absolute Gasteiger partial charge is 0.378 e. The van der Waals surface area contributed by atoms with E-state index in [1.54, 1.807) is 0 Å². The third-order valence-corrected chi connectivity index (χ3v) is 2.76. The minimum absolute atomic E-state index is 0.796. The SMILES string of the molecule is Cc1ccc(N2CCOCC2)c(Cl)c1. The van der Waals surface area contributed by atoms with Crippen LogP contribution in [0.1, 0.15) is 5.56 Å². The topological polar surface area (TPSA) is 12.5 Å². The minimum atomic E-state index is 0.796. The van der Waals surface area contributed by atoms with Crippen molar-refractivity contribution in [3.8, 4) is 0 Å². The van der Waals surface area contributed by atoms with Crippen LogP contribution in [-0.4, -0.2) is 26.3 Å². The van der Waals surface area contributed by atoms with Gasteiger partial charge in [0.2, 0.25) is 0 Å². The Morgan fingerprint density at radius 2 is 2.00 bits per heavy atom. The van der Waals surface area contributed by atoms with E-state index in [1.807, 2.05) is 6.07 Å². The Morgan fingerprint density at radius 3 is 2.64 bits per heavy atom. The number of hydrogen-bond donors (Lipinski definition) is 0. The average molecular weight is 212 g/mol. The molecule has 3 heteroatoms. The van der Waals surface area contributed by atoms with Gasteiger partial charge >= 0.3 is 0 Å². The van der Waals surface area contributed by atoms with Crippen molar-refractivity contribution in [1.82, 2.24) is 0 Å². The molecule has 0 spiro atoms. The maximum atomic E-state index is 6.18. The molecule has 0 bridgehead atoms. The summed E-state index contributed by atoms with van der Waals surface area (Å²) in [5, 5.41) is 0.840. The zero-order valence-electron chi connectivity index (χ0n) is 8.29. The van der Waals surface area contributed by atoms with E-state index in [4.69, 9.17) is 16.3 Å². The molecule has 0 unspecified atom stereocenters. The second-order valence-electron chi connectivity index (χ2n) is 3.55. The van der Waals surface area contributed by atoms with Crippen LogP contribution >= 0.6 is 11.6 Å². The van der Waals surface area contributed by atoms with Crippen LogP contribution in [0.15, 0.2) is 18.2 Å². The Kier molecular flexibility index (Phi) is 2.94. The van der Waals surface area contributed by atoms with Crippen molar-refractivity contribution in [1.29, 1.82) is 0 Å². The molecule has 1 aliphatic rings. The molecule has 1 aliphatic heterocycles. The molecule has 0 N–H and O–H groups in total. The summed E-state index contributed by atoms with van der Waals surface area (Å²) < 4.78 is 5.30. The number of hydrogen-bond acceptors (Lipinski definition) is 2. The summed E-state index contributed by atoms with van der Waals surface area (Å²) in [6.45, 7) is 5.51. The summed E-state index contributed by atoms with van der Waals surface area (Å²) in [4.78, 5) is 2.27. The fourth-order valence-electron chi connectivity index (χ4n) is 1.67. The van der Waals surface area contributed by atoms with Gasteiger partial charge in [-0.2, -0.15) is 0 Å². The second kappa shape index (κ2) is 4.20. The van der Waals surface area contributed by atoms with Crippen LogP contribution in [0, 0.1) is 6.92 Å². The van der Waals surface area contributed by atoms with E-state index in [0.29, 0.717) is 0 Å². The Hall–Kier alpha value is -0.730. The normalized spacial score (nSPS) is 17.1. The van der Waals surface area contributed by atoms with Gasteiger partial charge in [-0.25, -0.2) is 0 Å². The monoisotopic (exact) mass is 211 g/mol. The second-order valence-corrected chi connectivity index (χ2v) is 3.96. The quantitative estimate of drug-likeness (QED) is 0.708. The summed E-state index contributed by atoms with van der Waals surface area (Å²) in [5.74, 6) is 0. The average Bonchev–Trinajstić information content (AvgIpc) is 2.19. The van der Waals surface area contributed by atoms with Crippen molar-refractivity contribution in [2.75, 3.05) is 31.2 Å². The molecular formula is C11H14ClNO. The van der Waals surface area contributed by atoms with Gasteiger partial charge in [0.1, 0.15) is 0 Å². The highest BCUT2D eigenvalue weighted by molar-refractivity contribution is 6.33. The van der Waals surface area contributed by atoms with E-state index in [2.05, 4.69) is 24.0 Å². The number of anilines is 1. The van der Waals surface area contributed by atoms with Crippen molar-refractivity contribution in [2.24, 2.45) is 0 Å². The first kappa shape index (κ1) is 9.81. The zero-order valence-corrected chi connectivity index (χ0v) is 9.05. The maximum absolute atomic E-state index is 6.18. The fourth-order valence-corrected chi connectivity index (χ4v) is 2.03. The lowest BCUT2D eigenvalue weighted by Crippen LogP contribution is -2.36. The summed E-state index contributed by atoms with van der Waals surface area (Å²) >= 11 is 6.18. The molecule has 14 heavy (non-hydrogen) atoms. The molecule has 1 heterocycles. The van der Waals surface area contributed by atoms with Crippen LogP contribution in [0.25, 0.3) is 0 Å². The summed E-state index contributed by atoms with van der Waals surface area (Å²) in [6, 6.07) is 6.19. The van der Waals surface area contributed by atoms with Gasteiger partial charge in [0.15, 0.2) is 0 Å². The number of rotatable bonds is 1. The van der Waals surface area contributed by atoms with Gasteiger partial charge < -0.3 is 9.64 Å². The lowest BCUT2D eigenvalue weighted by Gasteiger charge is -2.29. The van der Waals surface area contributed by atoms with Crippen LogP contribution in [0.4, 0.5) is 5.69 Å². The Bertz CT molecular complexity index is 321. The van der Waals surface area contributed by atoms with E-state index >= 15 is 0 Å². The number of aryl methyl sites for hydroxylation is 1. The van der Waals surface area contributed by atoms with Crippen LogP contribution in [0.3, 0.4) is 0 Å². The van der Waals surface area contributed by atoms with Crippen LogP contribution < -0.4 is 4.90 Å². The molecule has 0 aromatic heterocycles. The van der Waals surface area contributed by atoms with Crippen molar-refractivity contribution < 1.29 is 4.74 Å². The molecule has 1 saturated heterocycles. The van der Waals surface area contributed by atoms with E-state index in [-0.39, 0.29) is 0 Å². The molecule has 0 radical (unpaired) electrons. The van der Waals surface area contributed by atoms with E-state index in [0.717, 1.165) is 37.0 Å². The Balaban J connectivity index is 2.22. The van der Waals surface area contributed by atoms with Gasteiger partial charge in [-0.3, -0.25) is 0 Å². The molecule has 2 nitrogen and oxygen atoms in total. The molecule has 0 atom stereocenters. The van der Waals surface area contributed by atoms with Gasteiger partial charge in [-0.05, 0) is 24.6 Å². The van der Waals surface area contributed by atoms with Gasteiger partial charge in [0.05, 0.1) is 23.9 Å². The third-order valence-electron chi connectivity index (χ3n) is 2.45. The van der Waals surface area contributed by atoms with Crippen molar-refractivity contribution >= 4 is 17.3 Å². The summed E-state index contributed by atoms with van der Waals surface area (Å²) in [5.41, 5.74) is 2.33. The number of halogens is 1. The Labute approximate surface area is 89.4 Å². The van der Waals surface area contributed by atoms with E-state index in [1.165, 1.54) is 5.56 Å². The molecule has 1 aromatic carbocycles. The smallest absolute Gasteiger partial charge is 0.0642 e. The molecular weight excluding hydrogens is 198 g/mol. The third kappa shape index (κ3) is 2.02. The molecule has 0 saturated carbocycles. The lowest BCUT2D eigenvalue weighted by molar-refractivity contribution is 0.122. The fraction of sp³-hybridized carbons (Fsp3) is 0.455. The molecule has 76 valence electrons. The molecule has 2 rings (SSSR count). The van der Waals surface area contributed by atoms with Gasteiger partial charge in [0.25, 0.3) is 0 Å². The maximum Gasteiger partial charge on any atom is 0.0642 e. The summed E-state index contributed by atoms with van der Waals surface area (Å²) in [7, 11) is 0. The minimum Gasteiger partial charge on any atom is -0.378 e. The predicted octanol–water partition coefficient (Wildman–Crippen LogP) is 2.49. The predicted molar refractivity (Wildman–Crippen MR) is 59.2 cm³/mol. The summed E-state index contributed by atoms with van der Waals surface area (Å²) in [6.07, 6.45) is 0. The number of ether oxygens (including phenoxy) is 1. The zero-order chi connectivity index (χ0) is 9.97. The molecule has 1 fully saturated rings. The molecule has 0 aliphatic carbocycles. The van der Waals surface area contributed by atoms with E-state index < -0.39 is 0 Å². The number of benzene rings is 1. The van der Waals surface area contributed by atoms with Crippen LogP contribution in [-0.2, 0) is 4.74 Å². The number of morpholine rings is 1. The first-order valence-electron chi connectivity index (χ1n) is 4.86. The van der Waals surface area contributed by atoms with Crippen LogP contribution in [0.2, 0.25) is 5.02 Å². The highest BCUT2D eigenvalue weighted by Gasteiger charge is 2.13. The standard InChI is InChI=1S/C11H14ClNO/c1-9-2-3-11(10(12)8-9)13-4-6-14-7-5-13/h2-3,8H,4-7H2,1H3. The first-order valence-corrected chi connectivity index (χ1v) is 5.24. The first-order chi connectivity index (χ1) is 6.77. The number of nitrogens with zero attached hydrogens (tertiary/aromatic N) is 1. The Morgan fingerprint density at radius 1 is 1.29 bits per heavy atom. The molecule has 1 aromatic rings. The van der Waals surface area contributed by atoms with Crippen molar-refractivity contribution in [3.05, 3.63) is 28.8 Å². The van der Waals surface area contributed by atoms with Crippen LogP contribution in [0.5, 0.6) is 0 Å². The highest BCUT2D eigenvalue weighted by atomic mass is 35.5.